The Kier molecular flexibility index (Phi) is 3.74. The Morgan fingerprint density at radius 3 is 2.77 bits per heavy atom. The minimum absolute atomic E-state index is 0.243. The second-order valence-electron chi connectivity index (χ2n) is 4.90. The molecule has 0 radical (unpaired) electrons. The van der Waals surface area contributed by atoms with Gasteiger partial charge in [-0.05, 0) is 30.7 Å². The fourth-order valence-corrected chi connectivity index (χ4v) is 2.11. The summed E-state index contributed by atoms with van der Waals surface area (Å²) in [4.78, 5) is 12.1. The fourth-order valence-electron chi connectivity index (χ4n) is 2.11. The van der Waals surface area contributed by atoms with E-state index in [1.807, 2.05) is 0 Å². The fraction of sp³-hybridized carbons (Fsp3) is 0.125. The number of carbonyl (C=O) groups excluding carboxylic acids is 1. The van der Waals surface area contributed by atoms with Crippen LogP contribution < -0.4 is 5.32 Å². The molecule has 0 atom stereocenters. The van der Waals surface area contributed by atoms with E-state index in [1.54, 1.807) is 42.2 Å². The lowest BCUT2D eigenvalue weighted by molar-refractivity contribution is 0.102. The van der Waals surface area contributed by atoms with Gasteiger partial charge in [-0.3, -0.25) is 9.48 Å². The van der Waals surface area contributed by atoms with Crippen LogP contribution in [-0.4, -0.2) is 15.7 Å². The Morgan fingerprint density at radius 1 is 1.32 bits per heavy atom. The van der Waals surface area contributed by atoms with Crippen LogP contribution in [0, 0.1) is 12.7 Å². The molecule has 0 saturated heterocycles. The lowest BCUT2D eigenvalue weighted by Gasteiger charge is -2.02. The van der Waals surface area contributed by atoms with Gasteiger partial charge in [0, 0.05) is 6.20 Å². The summed E-state index contributed by atoms with van der Waals surface area (Å²) in [7, 11) is 0. The molecule has 1 N–H and O–H groups in total. The molecule has 5 nitrogen and oxygen atoms in total. The van der Waals surface area contributed by atoms with Crippen LogP contribution in [0.4, 0.5) is 10.1 Å². The number of hydrogen-bond donors (Lipinski definition) is 1. The van der Waals surface area contributed by atoms with Crippen LogP contribution in [0.3, 0.4) is 0 Å². The molecule has 0 bridgehead atoms. The number of aromatic nitrogens is 2. The first-order valence-corrected chi connectivity index (χ1v) is 6.74. The van der Waals surface area contributed by atoms with Gasteiger partial charge in [-0.1, -0.05) is 12.1 Å². The molecular formula is C16H14FN3O2. The summed E-state index contributed by atoms with van der Waals surface area (Å²) in [5, 5.41) is 6.93. The van der Waals surface area contributed by atoms with Gasteiger partial charge in [-0.15, -0.1) is 0 Å². The number of rotatable bonds is 4. The minimum atomic E-state index is -0.271. The van der Waals surface area contributed by atoms with Crippen LogP contribution in [-0.2, 0) is 6.54 Å². The van der Waals surface area contributed by atoms with E-state index >= 15 is 0 Å². The Morgan fingerprint density at radius 2 is 2.09 bits per heavy atom. The van der Waals surface area contributed by atoms with Gasteiger partial charge in [0.25, 0.3) is 5.91 Å². The molecular weight excluding hydrogens is 285 g/mol. The summed E-state index contributed by atoms with van der Waals surface area (Å²) in [5.41, 5.74) is 2.01. The molecule has 1 aromatic carbocycles. The van der Waals surface area contributed by atoms with Crippen LogP contribution >= 0.6 is 0 Å². The summed E-state index contributed by atoms with van der Waals surface area (Å²) in [5.74, 6) is 0.0523. The van der Waals surface area contributed by atoms with Crippen molar-refractivity contribution in [3.8, 4) is 0 Å². The van der Waals surface area contributed by atoms with Gasteiger partial charge in [-0.25, -0.2) is 4.39 Å². The van der Waals surface area contributed by atoms with Crippen LogP contribution in [0.5, 0.6) is 0 Å². The van der Waals surface area contributed by atoms with E-state index in [0.29, 0.717) is 23.6 Å². The highest BCUT2D eigenvalue weighted by molar-refractivity contribution is 6.04. The Balaban J connectivity index is 1.67. The van der Waals surface area contributed by atoms with E-state index in [4.69, 9.17) is 4.42 Å². The number of carbonyl (C=O) groups is 1. The van der Waals surface area contributed by atoms with Crippen molar-refractivity contribution >= 4 is 11.6 Å². The summed E-state index contributed by atoms with van der Waals surface area (Å²) < 4.78 is 19.6. The standard InChI is InChI=1S/C16H14FN3O2/c1-11-15(6-7-22-11)16(21)19-14-8-18-20(10-14)9-12-2-4-13(17)5-3-12/h2-8,10H,9H2,1H3,(H,19,21). The zero-order chi connectivity index (χ0) is 15.5. The molecule has 112 valence electrons. The minimum Gasteiger partial charge on any atom is -0.469 e. The molecule has 6 heteroatoms. The average Bonchev–Trinajstić information content (AvgIpc) is 3.10. The van der Waals surface area contributed by atoms with Crippen LogP contribution in [0.15, 0.2) is 53.4 Å². The number of benzene rings is 1. The molecule has 0 aliphatic heterocycles. The number of hydrogen-bond acceptors (Lipinski definition) is 3. The molecule has 0 aliphatic rings. The van der Waals surface area contributed by atoms with E-state index in [9.17, 15) is 9.18 Å². The monoisotopic (exact) mass is 299 g/mol. The smallest absolute Gasteiger partial charge is 0.259 e. The first-order chi connectivity index (χ1) is 10.6. The predicted molar refractivity (Wildman–Crippen MR) is 79.1 cm³/mol. The number of nitrogens with one attached hydrogen (secondary N) is 1. The molecule has 22 heavy (non-hydrogen) atoms. The highest BCUT2D eigenvalue weighted by Crippen LogP contribution is 2.13. The van der Waals surface area contributed by atoms with E-state index in [0.717, 1.165) is 5.56 Å². The molecule has 3 rings (SSSR count). The van der Waals surface area contributed by atoms with Crippen molar-refractivity contribution < 1.29 is 13.6 Å². The molecule has 3 aromatic rings. The van der Waals surface area contributed by atoms with Crippen molar-refractivity contribution in [2.75, 3.05) is 5.32 Å². The molecule has 0 saturated carbocycles. The van der Waals surface area contributed by atoms with E-state index < -0.39 is 0 Å². The summed E-state index contributed by atoms with van der Waals surface area (Å²) in [6.07, 6.45) is 4.76. The largest absolute Gasteiger partial charge is 0.469 e. The predicted octanol–water partition coefficient (Wildman–Crippen LogP) is 3.22. The average molecular weight is 299 g/mol. The normalized spacial score (nSPS) is 10.6. The second-order valence-corrected chi connectivity index (χ2v) is 4.90. The van der Waals surface area contributed by atoms with Gasteiger partial charge < -0.3 is 9.73 Å². The van der Waals surface area contributed by atoms with Crippen molar-refractivity contribution in [3.05, 3.63) is 71.7 Å². The van der Waals surface area contributed by atoms with Crippen LogP contribution in [0.25, 0.3) is 0 Å². The maximum absolute atomic E-state index is 12.9. The van der Waals surface area contributed by atoms with Gasteiger partial charge in [0.2, 0.25) is 0 Å². The maximum Gasteiger partial charge on any atom is 0.259 e. The third-order valence-electron chi connectivity index (χ3n) is 3.25. The number of furan rings is 1. The topological polar surface area (TPSA) is 60.1 Å². The first kappa shape index (κ1) is 14.1. The summed E-state index contributed by atoms with van der Waals surface area (Å²) in [6.45, 7) is 2.23. The van der Waals surface area contributed by atoms with Gasteiger partial charge >= 0.3 is 0 Å². The van der Waals surface area contributed by atoms with Gasteiger partial charge in [0.1, 0.15) is 11.6 Å². The molecule has 2 aromatic heterocycles. The molecule has 2 heterocycles. The first-order valence-electron chi connectivity index (χ1n) is 6.74. The zero-order valence-corrected chi connectivity index (χ0v) is 11.9. The van der Waals surface area contributed by atoms with Crippen LogP contribution in [0.2, 0.25) is 0 Å². The van der Waals surface area contributed by atoms with E-state index in [1.165, 1.54) is 18.4 Å². The van der Waals surface area contributed by atoms with Crippen molar-refractivity contribution in [1.29, 1.82) is 0 Å². The van der Waals surface area contributed by atoms with Gasteiger partial charge in [0.15, 0.2) is 0 Å². The quantitative estimate of drug-likeness (QED) is 0.804. The Hall–Kier alpha value is -2.89. The summed E-state index contributed by atoms with van der Waals surface area (Å²) in [6, 6.07) is 7.83. The number of amides is 1. The number of nitrogens with zero attached hydrogens (tertiary/aromatic N) is 2. The molecule has 1 amide bonds. The highest BCUT2D eigenvalue weighted by atomic mass is 19.1. The molecule has 0 fully saturated rings. The Bertz CT molecular complexity index is 790. The second kappa shape index (κ2) is 5.85. The number of aryl methyl sites for hydroxylation is 1. The maximum atomic E-state index is 12.9. The van der Waals surface area contributed by atoms with Crippen LogP contribution in [0.1, 0.15) is 21.7 Å². The van der Waals surface area contributed by atoms with Crippen molar-refractivity contribution in [2.45, 2.75) is 13.5 Å². The Labute approximate surface area is 126 Å². The van der Waals surface area contributed by atoms with Gasteiger partial charge in [-0.2, -0.15) is 5.10 Å². The third kappa shape index (κ3) is 3.06. The SMILES string of the molecule is Cc1occc1C(=O)Nc1cnn(Cc2ccc(F)cc2)c1. The van der Waals surface area contributed by atoms with Gasteiger partial charge in [0.05, 0.1) is 30.3 Å². The van der Waals surface area contributed by atoms with Crippen molar-refractivity contribution in [3.63, 3.8) is 0 Å². The lowest BCUT2D eigenvalue weighted by Crippen LogP contribution is -2.11. The number of anilines is 1. The third-order valence-corrected chi connectivity index (χ3v) is 3.25. The van der Waals surface area contributed by atoms with Crippen molar-refractivity contribution in [2.24, 2.45) is 0 Å². The molecule has 0 spiro atoms. The molecule has 0 aliphatic carbocycles. The van der Waals surface area contributed by atoms with Crippen molar-refractivity contribution in [1.82, 2.24) is 9.78 Å². The van der Waals surface area contributed by atoms with E-state index in [2.05, 4.69) is 10.4 Å². The zero-order valence-electron chi connectivity index (χ0n) is 11.9. The lowest BCUT2D eigenvalue weighted by atomic mass is 10.2. The highest BCUT2D eigenvalue weighted by Gasteiger charge is 2.12. The molecule has 0 unspecified atom stereocenters. The number of halogens is 1. The summed E-state index contributed by atoms with van der Waals surface area (Å²) >= 11 is 0. The van der Waals surface area contributed by atoms with E-state index in [-0.39, 0.29) is 11.7 Å².